The summed E-state index contributed by atoms with van der Waals surface area (Å²) in [6.07, 6.45) is 0. The van der Waals surface area contributed by atoms with Crippen LogP contribution in [0.15, 0.2) is 146 Å². The number of aromatic nitrogens is 2. The summed E-state index contributed by atoms with van der Waals surface area (Å²) in [7, 11) is 0. The van der Waals surface area contributed by atoms with Crippen molar-refractivity contribution in [3.63, 3.8) is 0 Å². The molecule has 9 aromatic carbocycles. The van der Waals surface area contributed by atoms with Gasteiger partial charge < -0.3 is 8.80 Å². The van der Waals surface area contributed by atoms with Crippen molar-refractivity contribution in [2.75, 3.05) is 0 Å². The monoisotopic (exact) mass is 992 g/mol. The minimum absolute atomic E-state index is 0.0612. The molecule has 15 aromatic rings. The van der Waals surface area contributed by atoms with Crippen molar-refractivity contribution in [3.8, 4) is 22.3 Å². The number of nitrogens with zero attached hydrogens (tertiary/aromatic N) is 2. The van der Waals surface area contributed by atoms with Crippen LogP contribution in [0.5, 0.6) is 0 Å². The Kier molecular flexibility index (Phi) is 8.68. The van der Waals surface area contributed by atoms with Crippen LogP contribution in [0.2, 0.25) is 0 Å². The lowest BCUT2D eigenvalue weighted by molar-refractivity contribution is 0.571. The van der Waals surface area contributed by atoms with Crippen LogP contribution >= 0.6 is 22.7 Å². The average molecular weight is 993 g/mol. The van der Waals surface area contributed by atoms with E-state index >= 15 is 0 Å². The first-order chi connectivity index (χ1) is 35.3. The van der Waals surface area contributed by atoms with E-state index in [1.807, 2.05) is 22.7 Å². The minimum Gasteiger partial charge on any atom is -0.308 e. The molecule has 0 amide bonds. The Morgan fingerprint density at radius 3 is 1.08 bits per heavy atom. The number of fused-ring (bicyclic) bond motifs is 20. The molecular formula is C70H60N2S2. The van der Waals surface area contributed by atoms with Gasteiger partial charge in [-0.2, -0.15) is 0 Å². The van der Waals surface area contributed by atoms with E-state index < -0.39 is 0 Å². The van der Waals surface area contributed by atoms with Gasteiger partial charge in [-0.05, 0) is 103 Å². The maximum atomic E-state index is 2.74. The second kappa shape index (κ2) is 14.4. The number of rotatable bonds is 2. The smallest absolute Gasteiger partial charge is 0.0634 e. The zero-order chi connectivity index (χ0) is 50.9. The number of benzene rings is 9. The zero-order valence-corrected chi connectivity index (χ0v) is 46.2. The SMILES string of the molecule is CC(C)(C)c1cc(C(C)(C)C)c2c(c1)c1c3c4ccc(-c5cccc6c5sc5ccccc56)cc4n4c5c(C(C)(C)C)cc(C(C)(C)C)cc5c(c5c6ccc(-c7cccc8c7sc7ccccc78)cc6n2c51)c34. The van der Waals surface area contributed by atoms with E-state index in [9.17, 15) is 0 Å². The van der Waals surface area contributed by atoms with Crippen molar-refractivity contribution >= 4 is 139 Å². The summed E-state index contributed by atoms with van der Waals surface area (Å²) >= 11 is 3.84. The average Bonchev–Trinajstić information content (AvgIpc) is 4.21. The molecule has 74 heavy (non-hydrogen) atoms. The molecule has 0 aliphatic rings. The van der Waals surface area contributed by atoms with Gasteiger partial charge in [0.25, 0.3) is 0 Å². The summed E-state index contributed by atoms with van der Waals surface area (Å²) in [6.45, 7) is 28.8. The molecule has 0 fully saturated rings. The molecule has 2 nitrogen and oxygen atoms in total. The van der Waals surface area contributed by atoms with E-state index in [1.54, 1.807) is 0 Å². The fourth-order valence-corrected chi connectivity index (χ4v) is 15.7. The van der Waals surface area contributed by atoms with Crippen molar-refractivity contribution < 1.29 is 0 Å². The molecule has 0 saturated heterocycles. The molecule has 0 bridgehead atoms. The summed E-state index contributed by atoms with van der Waals surface area (Å²) in [6, 6.07) is 56.8. The summed E-state index contributed by atoms with van der Waals surface area (Å²) in [5, 5.41) is 16.2. The predicted molar refractivity (Wildman–Crippen MR) is 327 cm³/mol. The Bertz CT molecular complexity index is 4600. The Morgan fingerprint density at radius 2 is 0.689 bits per heavy atom. The molecule has 4 heteroatoms. The van der Waals surface area contributed by atoms with Crippen LogP contribution < -0.4 is 0 Å². The molecule has 0 aliphatic carbocycles. The van der Waals surface area contributed by atoms with Gasteiger partial charge in [0.1, 0.15) is 0 Å². The molecule has 0 spiro atoms. The normalized spacial score (nSPS) is 13.7. The fourth-order valence-electron chi connectivity index (χ4n) is 13.2. The third kappa shape index (κ3) is 5.87. The number of hydrogen-bond acceptors (Lipinski definition) is 2. The van der Waals surface area contributed by atoms with Crippen molar-refractivity contribution in [2.24, 2.45) is 0 Å². The lowest BCUT2D eigenvalue weighted by atomic mass is 9.79. The van der Waals surface area contributed by atoms with Crippen molar-refractivity contribution in [3.05, 3.63) is 168 Å². The lowest BCUT2D eigenvalue weighted by Gasteiger charge is -2.26. The second-order valence-corrected chi connectivity index (χ2v) is 27.8. The highest BCUT2D eigenvalue weighted by Crippen LogP contribution is 2.56. The molecule has 0 aliphatic heterocycles. The fraction of sp³-hybridized carbons (Fsp3) is 0.229. The Balaban J connectivity index is 1.19. The van der Waals surface area contributed by atoms with Gasteiger partial charge in [0.15, 0.2) is 0 Å². The summed E-state index contributed by atoms with van der Waals surface area (Å²) in [4.78, 5) is 0. The highest BCUT2D eigenvalue weighted by Gasteiger charge is 2.35. The Hall–Kier alpha value is -6.98. The van der Waals surface area contributed by atoms with Crippen LogP contribution in [0.4, 0.5) is 0 Å². The third-order valence-corrected chi connectivity index (χ3v) is 19.3. The van der Waals surface area contributed by atoms with Gasteiger partial charge in [-0.25, -0.2) is 0 Å². The highest BCUT2D eigenvalue weighted by molar-refractivity contribution is 7.26. The largest absolute Gasteiger partial charge is 0.308 e. The summed E-state index contributed by atoms with van der Waals surface area (Å²) < 4.78 is 10.8. The molecule has 362 valence electrons. The van der Waals surface area contributed by atoms with Gasteiger partial charge in [-0.15, -0.1) is 22.7 Å². The van der Waals surface area contributed by atoms with E-state index in [2.05, 4.69) is 237 Å². The van der Waals surface area contributed by atoms with E-state index in [0.717, 1.165) is 0 Å². The standard InChI is InChI=1S/C70H60N2S2/c1-67(2,3)39-33-49-59-57-47-29-27-38(42-22-18-24-46-44-20-14-16-26-56(44)74-66(42)46)32-54(47)72-62-50(34-40(68(4,5)6)36-52(62)70(10,11)12)60(64(57)72)58-48-30-28-37(31-53(48)71(63(58)59)61(49)51(35-39)69(7,8)9)41-21-17-23-45-43-19-13-15-25-55(43)73-65(41)45/h13-36H,1-12H3. The van der Waals surface area contributed by atoms with Crippen molar-refractivity contribution in [1.29, 1.82) is 0 Å². The van der Waals surface area contributed by atoms with Crippen LogP contribution in [-0.4, -0.2) is 8.80 Å². The molecule has 6 aromatic heterocycles. The molecule has 0 unspecified atom stereocenters. The van der Waals surface area contributed by atoms with Crippen LogP contribution in [0.1, 0.15) is 105 Å². The van der Waals surface area contributed by atoms with E-state index in [-0.39, 0.29) is 21.7 Å². The predicted octanol–water partition coefficient (Wildman–Crippen LogP) is 21.2. The van der Waals surface area contributed by atoms with Gasteiger partial charge in [-0.3, -0.25) is 0 Å². The van der Waals surface area contributed by atoms with Crippen LogP contribution in [-0.2, 0) is 21.7 Å². The first-order valence-electron chi connectivity index (χ1n) is 26.6. The van der Waals surface area contributed by atoms with Gasteiger partial charge in [0, 0.05) is 83.4 Å². The highest BCUT2D eigenvalue weighted by atomic mass is 32.1. The molecule has 0 saturated carbocycles. The molecular weight excluding hydrogens is 933 g/mol. The zero-order valence-electron chi connectivity index (χ0n) is 44.6. The minimum atomic E-state index is -0.137. The van der Waals surface area contributed by atoms with Crippen LogP contribution in [0, 0.1) is 0 Å². The quantitative estimate of drug-likeness (QED) is 0.163. The van der Waals surface area contributed by atoms with E-state index in [0.29, 0.717) is 0 Å². The number of hydrogen-bond donors (Lipinski definition) is 0. The van der Waals surface area contributed by atoms with Gasteiger partial charge in [0.05, 0.1) is 33.1 Å². The van der Waals surface area contributed by atoms with E-state index in [1.165, 1.54) is 161 Å². The Labute approximate surface area is 440 Å². The second-order valence-electron chi connectivity index (χ2n) is 25.7. The first-order valence-corrected chi connectivity index (χ1v) is 28.2. The Morgan fingerprint density at radius 1 is 0.311 bits per heavy atom. The lowest BCUT2D eigenvalue weighted by Crippen LogP contribution is -2.17. The first kappa shape index (κ1) is 44.5. The maximum absolute atomic E-state index is 2.74. The summed E-state index contributed by atoms with van der Waals surface area (Å²) in [5.41, 5.74) is 18.2. The maximum Gasteiger partial charge on any atom is 0.0634 e. The topological polar surface area (TPSA) is 8.82 Å². The molecule has 0 N–H and O–H groups in total. The van der Waals surface area contributed by atoms with E-state index in [4.69, 9.17) is 0 Å². The van der Waals surface area contributed by atoms with Crippen molar-refractivity contribution in [2.45, 2.75) is 105 Å². The van der Waals surface area contributed by atoms with Gasteiger partial charge in [-0.1, -0.05) is 192 Å². The summed E-state index contributed by atoms with van der Waals surface area (Å²) in [5.74, 6) is 0. The van der Waals surface area contributed by atoms with Crippen LogP contribution in [0.25, 0.3) is 139 Å². The third-order valence-electron chi connectivity index (χ3n) is 16.9. The van der Waals surface area contributed by atoms with Gasteiger partial charge >= 0.3 is 0 Å². The van der Waals surface area contributed by atoms with Gasteiger partial charge in [0.2, 0.25) is 0 Å². The molecule has 6 heterocycles. The molecule has 0 atom stereocenters. The molecule has 0 radical (unpaired) electrons. The number of thiophene rings is 2. The van der Waals surface area contributed by atoms with Crippen molar-refractivity contribution in [1.82, 2.24) is 8.80 Å². The van der Waals surface area contributed by atoms with Crippen LogP contribution in [0.3, 0.4) is 0 Å². The molecule has 15 rings (SSSR count).